The first-order valence-electron chi connectivity index (χ1n) is 5.58. The van der Waals surface area contributed by atoms with E-state index in [0.29, 0.717) is 5.92 Å². The molecule has 2 heteroatoms. The van der Waals surface area contributed by atoms with Crippen molar-refractivity contribution in [3.8, 4) is 0 Å². The van der Waals surface area contributed by atoms with Crippen molar-refractivity contribution in [2.75, 3.05) is 0 Å². The van der Waals surface area contributed by atoms with Crippen molar-refractivity contribution in [2.45, 2.75) is 40.2 Å². The van der Waals surface area contributed by atoms with Crippen LogP contribution in [-0.4, -0.2) is 5.11 Å². The number of rotatable bonds is 3. The van der Waals surface area contributed by atoms with Gasteiger partial charge in [0, 0.05) is 4.47 Å². The lowest BCUT2D eigenvalue weighted by atomic mass is 9.95. The number of benzene rings is 1. The van der Waals surface area contributed by atoms with Gasteiger partial charge in [-0.1, -0.05) is 62.2 Å². The van der Waals surface area contributed by atoms with E-state index in [-0.39, 0.29) is 6.10 Å². The van der Waals surface area contributed by atoms with E-state index in [1.54, 1.807) is 0 Å². The molecule has 0 saturated heterocycles. The molecule has 86 valence electrons. The van der Waals surface area contributed by atoms with Crippen LogP contribution >= 0.6 is 15.9 Å². The quantitative estimate of drug-likeness (QED) is 0.856. The maximum atomic E-state index is 9.86. The summed E-state index contributed by atoms with van der Waals surface area (Å²) in [6.07, 6.45) is 0.662. The SMILES string of the molecule is CC.CCC(C)C(O)c1ccc(Br)cc1. The molecule has 0 spiro atoms. The van der Waals surface area contributed by atoms with Crippen LogP contribution in [-0.2, 0) is 0 Å². The zero-order chi connectivity index (χ0) is 11.8. The van der Waals surface area contributed by atoms with Crippen molar-refractivity contribution in [1.29, 1.82) is 0 Å². The molecule has 0 aliphatic heterocycles. The predicted molar refractivity (Wildman–Crippen MR) is 69.9 cm³/mol. The van der Waals surface area contributed by atoms with Crippen LogP contribution < -0.4 is 0 Å². The van der Waals surface area contributed by atoms with Gasteiger partial charge in [0.05, 0.1) is 6.10 Å². The molecule has 1 rings (SSSR count). The number of aliphatic hydroxyl groups is 1. The molecule has 0 saturated carbocycles. The van der Waals surface area contributed by atoms with Gasteiger partial charge in [-0.3, -0.25) is 0 Å². The highest BCUT2D eigenvalue weighted by Crippen LogP contribution is 2.24. The van der Waals surface area contributed by atoms with Crippen LogP contribution in [0.25, 0.3) is 0 Å². The first kappa shape index (κ1) is 14.7. The summed E-state index contributed by atoms with van der Waals surface area (Å²) in [5.41, 5.74) is 0.998. The summed E-state index contributed by atoms with van der Waals surface area (Å²) in [5.74, 6) is 0.321. The molecule has 0 aliphatic rings. The highest BCUT2D eigenvalue weighted by Gasteiger charge is 2.13. The summed E-state index contributed by atoms with van der Waals surface area (Å²) in [7, 11) is 0. The van der Waals surface area contributed by atoms with E-state index in [2.05, 4.69) is 29.8 Å². The standard InChI is InChI=1S/C11H15BrO.C2H6/c1-3-8(2)11(13)9-4-6-10(12)7-5-9;1-2/h4-8,11,13H,3H2,1-2H3;1-2H3. The molecule has 2 atom stereocenters. The van der Waals surface area contributed by atoms with Gasteiger partial charge < -0.3 is 5.11 Å². The van der Waals surface area contributed by atoms with E-state index in [0.717, 1.165) is 16.5 Å². The average molecular weight is 273 g/mol. The van der Waals surface area contributed by atoms with Crippen molar-refractivity contribution >= 4 is 15.9 Å². The number of hydrogen-bond donors (Lipinski definition) is 1. The highest BCUT2D eigenvalue weighted by atomic mass is 79.9. The Bertz CT molecular complexity index is 256. The first-order chi connectivity index (χ1) is 7.15. The zero-order valence-electron chi connectivity index (χ0n) is 10.00. The molecule has 0 heterocycles. The summed E-state index contributed by atoms with van der Waals surface area (Å²) >= 11 is 3.37. The fourth-order valence-corrected chi connectivity index (χ4v) is 1.48. The summed E-state index contributed by atoms with van der Waals surface area (Å²) in [6.45, 7) is 8.15. The maximum absolute atomic E-state index is 9.86. The lowest BCUT2D eigenvalue weighted by Crippen LogP contribution is -2.07. The Kier molecular flexibility index (Phi) is 7.71. The van der Waals surface area contributed by atoms with Crippen LogP contribution in [0.3, 0.4) is 0 Å². The lowest BCUT2D eigenvalue weighted by molar-refractivity contribution is 0.115. The number of aliphatic hydroxyl groups excluding tert-OH is 1. The summed E-state index contributed by atoms with van der Waals surface area (Å²) in [4.78, 5) is 0. The largest absolute Gasteiger partial charge is 0.388 e. The van der Waals surface area contributed by atoms with E-state index >= 15 is 0 Å². The first-order valence-corrected chi connectivity index (χ1v) is 6.38. The monoisotopic (exact) mass is 272 g/mol. The van der Waals surface area contributed by atoms with Gasteiger partial charge in [0.25, 0.3) is 0 Å². The second-order valence-corrected chi connectivity index (χ2v) is 4.30. The third-order valence-electron chi connectivity index (χ3n) is 2.39. The maximum Gasteiger partial charge on any atom is 0.0815 e. The smallest absolute Gasteiger partial charge is 0.0815 e. The second kappa shape index (κ2) is 7.89. The molecule has 1 aromatic rings. The zero-order valence-corrected chi connectivity index (χ0v) is 11.6. The van der Waals surface area contributed by atoms with Crippen molar-refractivity contribution in [2.24, 2.45) is 5.92 Å². The van der Waals surface area contributed by atoms with Gasteiger partial charge in [-0.25, -0.2) is 0 Å². The fraction of sp³-hybridized carbons (Fsp3) is 0.538. The van der Waals surface area contributed by atoms with Gasteiger partial charge in [0.1, 0.15) is 0 Å². The van der Waals surface area contributed by atoms with Crippen LogP contribution in [0.2, 0.25) is 0 Å². The Morgan fingerprint density at radius 3 is 2.07 bits per heavy atom. The average Bonchev–Trinajstić information content (AvgIpc) is 2.31. The topological polar surface area (TPSA) is 20.2 Å². The fourth-order valence-electron chi connectivity index (χ4n) is 1.21. The molecular weight excluding hydrogens is 252 g/mol. The van der Waals surface area contributed by atoms with Crippen molar-refractivity contribution in [1.82, 2.24) is 0 Å². The molecule has 0 aliphatic carbocycles. The Balaban J connectivity index is 0.000000921. The second-order valence-electron chi connectivity index (χ2n) is 3.38. The minimum Gasteiger partial charge on any atom is -0.388 e. The Hall–Kier alpha value is -0.340. The minimum absolute atomic E-state index is 0.321. The van der Waals surface area contributed by atoms with Crippen molar-refractivity contribution < 1.29 is 5.11 Å². The predicted octanol–water partition coefficient (Wildman–Crippen LogP) is 4.55. The number of halogens is 1. The van der Waals surface area contributed by atoms with E-state index in [4.69, 9.17) is 0 Å². The molecule has 2 unspecified atom stereocenters. The highest BCUT2D eigenvalue weighted by molar-refractivity contribution is 9.10. The van der Waals surface area contributed by atoms with E-state index in [1.807, 2.05) is 38.1 Å². The van der Waals surface area contributed by atoms with Crippen LogP contribution in [0, 0.1) is 5.92 Å². The van der Waals surface area contributed by atoms with Gasteiger partial charge in [0.15, 0.2) is 0 Å². The Morgan fingerprint density at radius 2 is 1.67 bits per heavy atom. The minimum atomic E-state index is -0.335. The van der Waals surface area contributed by atoms with Crippen LogP contribution in [0.1, 0.15) is 45.8 Å². The summed E-state index contributed by atoms with van der Waals surface area (Å²) in [6, 6.07) is 7.84. The summed E-state index contributed by atoms with van der Waals surface area (Å²) in [5, 5.41) is 9.86. The van der Waals surface area contributed by atoms with E-state index in [1.165, 1.54) is 0 Å². The molecule has 1 nitrogen and oxygen atoms in total. The van der Waals surface area contributed by atoms with Gasteiger partial charge >= 0.3 is 0 Å². The Labute approximate surface area is 102 Å². The number of hydrogen-bond acceptors (Lipinski definition) is 1. The molecule has 0 radical (unpaired) electrons. The van der Waals surface area contributed by atoms with Crippen molar-refractivity contribution in [3.63, 3.8) is 0 Å². The van der Waals surface area contributed by atoms with Gasteiger partial charge in [-0.15, -0.1) is 0 Å². The third-order valence-corrected chi connectivity index (χ3v) is 2.92. The molecule has 1 N–H and O–H groups in total. The molecular formula is C13H21BrO. The van der Waals surface area contributed by atoms with Crippen LogP contribution in [0.15, 0.2) is 28.7 Å². The third kappa shape index (κ3) is 4.80. The van der Waals surface area contributed by atoms with Crippen LogP contribution in [0.4, 0.5) is 0 Å². The van der Waals surface area contributed by atoms with Crippen molar-refractivity contribution in [3.05, 3.63) is 34.3 Å². The molecule has 0 amide bonds. The molecule has 0 fully saturated rings. The van der Waals surface area contributed by atoms with Crippen LogP contribution in [0.5, 0.6) is 0 Å². The molecule has 1 aromatic carbocycles. The molecule has 0 aromatic heterocycles. The van der Waals surface area contributed by atoms with Gasteiger partial charge in [-0.2, -0.15) is 0 Å². The molecule has 0 bridgehead atoms. The van der Waals surface area contributed by atoms with Gasteiger partial charge in [-0.05, 0) is 23.6 Å². The van der Waals surface area contributed by atoms with E-state index < -0.39 is 0 Å². The summed E-state index contributed by atoms with van der Waals surface area (Å²) < 4.78 is 1.05. The lowest BCUT2D eigenvalue weighted by Gasteiger charge is -2.17. The molecule has 15 heavy (non-hydrogen) atoms. The van der Waals surface area contributed by atoms with Gasteiger partial charge in [0.2, 0.25) is 0 Å². The van der Waals surface area contributed by atoms with E-state index in [9.17, 15) is 5.11 Å². The normalized spacial score (nSPS) is 13.7. The Morgan fingerprint density at radius 1 is 1.20 bits per heavy atom.